The molecule has 25 heavy (non-hydrogen) atoms. The molecule has 0 fully saturated rings. The average molecular weight is 342 g/mol. The van der Waals surface area contributed by atoms with Crippen molar-refractivity contribution in [3.05, 3.63) is 46.8 Å². The molecule has 128 valence electrons. The molecule has 1 heterocycles. The quantitative estimate of drug-likeness (QED) is 0.547. The van der Waals surface area contributed by atoms with Gasteiger partial charge in [-0.05, 0) is 30.3 Å². The number of nitrogens with one attached hydrogen (secondary N) is 2. The van der Waals surface area contributed by atoms with Crippen LogP contribution in [-0.4, -0.2) is 26.3 Å². The lowest BCUT2D eigenvalue weighted by Gasteiger charge is -2.08. The fraction of sp³-hybridized carbons (Fsp3) is 0.118. The number of amides is 2. The number of rotatable bonds is 2. The minimum atomic E-state index is -0.638. The van der Waals surface area contributed by atoms with Crippen LogP contribution >= 0.6 is 0 Å². The normalized spacial score (nSPS) is 10.5. The molecule has 0 bridgehead atoms. The smallest absolute Gasteiger partial charge is 0.412 e. The van der Waals surface area contributed by atoms with Gasteiger partial charge in [-0.1, -0.05) is 0 Å². The van der Waals surface area contributed by atoms with Crippen LogP contribution in [-0.2, 0) is 0 Å². The summed E-state index contributed by atoms with van der Waals surface area (Å²) in [5.41, 5.74) is -0.319. The van der Waals surface area contributed by atoms with E-state index in [1.54, 1.807) is 24.3 Å². The van der Waals surface area contributed by atoms with Crippen LogP contribution in [0.4, 0.5) is 9.59 Å². The molecule has 0 aliphatic heterocycles. The third-order valence-corrected chi connectivity index (χ3v) is 3.49. The summed E-state index contributed by atoms with van der Waals surface area (Å²) in [4.78, 5) is 34.8. The Kier molecular flexibility index (Phi) is 4.25. The van der Waals surface area contributed by atoms with E-state index in [0.29, 0.717) is 10.8 Å². The Bertz CT molecular complexity index is 1040. The van der Waals surface area contributed by atoms with Crippen molar-refractivity contribution in [2.75, 3.05) is 14.1 Å². The van der Waals surface area contributed by atoms with Crippen molar-refractivity contribution < 1.29 is 23.5 Å². The molecule has 0 spiro atoms. The molecule has 0 saturated carbocycles. The van der Waals surface area contributed by atoms with Crippen molar-refractivity contribution in [3.63, 3.8) is 0 Å². The van der Waals surface area contributed by atoms with Crippen LogP contribution in [0.5, 0.6) is 11.5 Å². The van der Waals surface area contributed by atoms with Crippen molar-refractivity contribution in [3.8, 4) is 11.5 Å². The van der Waals surface area contributed by atoms with Gasteiger partial charge in [0.05, 0.1) is 5.39 Å². The Balaban J connectivity index is 2.10. The first kappa shape index (κ1) is 16.3. The second kappa shape index (κ2) is 6.52. The summed E-state index contributed by atoms with van der Waals surface area (Å²) in [5, 5.41) is 6.21. The molecule has 1 aromatic heterocycles. The second-order valence-corrected chi connectivity index (χ2v) is 5.03. The molecule has 0 saturated heterocycles. The van der Waals surface area contributed by atoms with E-state index in [2.05, 4.69) is 10.6 Å². The number of hydrogen-bond donors (Lipinski definition) is 2. The maximum absolute atomic E-state index is 12.2. The zero-order chi connectivity index (χ0) is 18.0. The van der Waals surface area contributed by atoms with Gasteiger partial charge in [-0.3, -0.25) is 0 Å². The molecule has 0 aliphatic carbocycles. The van der Waals surface area contributed by atoms with Gasteiger partial charge in [0.25, 0.3) is 0 Å². The lowest BCUT2D eigenvalue weighted by molar-refractivity contribution is 0.202. The highest BCUT2D eigenvalue weighted by Gasteiger charge is 2.12. The molecule has 0 radical (unpaired) electrons. The Labute approximate surface area is 141 Å². The van der Waals surface area contributed by atoms with E-state index in [1.165, 1.54) is 26.2 Å². The van der Waals surface area contributed by atoms with Crippen LogP contribution < -0.4 is 25.7 Å². The van der Waals surface area contributed by atoms with E-state index < -0.39 is 17.8 Å². The molecule has 3 aromatic rings. The van der Waals surface area contributed by atoms with E-state index in [9.17, 15) is 14.4 Å². The maximum atomic E-state index is 12.2. The summed E-state index contributed by atoms with van der Waals surface area (Å²) in [6.45, 7) is 0. The second-order valence-electron chi connectivity index (χ2n) is 5.03. The minimum absolute atomic E-state index is 0.220. The summed E-state index contributed by atoms with van der Waals surface area (Å²) < 4.78 is 15.3. The Hall–Kier alpha value is -3.55. The first-order valence-electron chi connectivity index (χ1n) is 7.31. The zero-order valence-electron chi connectivity index (χ0n) is 13.4. The predicted octanol–water partition coefficient (Wildman–Crippen LogP) is 2.38. The molecular formula is C17H14N2O6. The standard InChI is InChI=1S/C17H14N2O6/c1-18-16(21)23-9-3-5-11-12-6-4-10(24-17(22)19-2)8-14(12)25-15(20)13(11)7-9/h3-8H,1-2H3,(H,18,21)(H,19,22). The van der Waals surface area contributed by atoms with Gasteiger partial charge < -0.3 is 24.5 Å². The monoisotopic (exact) mass is 342 g/mol. The largest absolute Gasteiger partial charge is 0.422 e. The Morgan fingerprint density at radius 2 is 1.40 bits per heavy atom. The Morgan fingerprint density at radius 1 is 0.840 bits per heavy atom. The number of carbonyl (C=O) groups is 2. The fourth-order valence-electron chi connectivity index (χ4n) is 2.33. The molecule has 0 aliphatic rings. The van der Waals surface area contributed by atoms with Gasteiger partial charge >= 0.3 is 17.8 Å². The van der Waals surface area contributed by atoms with Crippen LogP contribution in [0.2, 0.25) is 0 Å². The maximum Gasteiger partial charge on any atom is 0.412 e. The number of carbonyl (C=O) groups excluding carboxylic acids is 2. The topological polar surface area (TPSA) is 107 Å². The SMILES string of the molecule is CNC(=O)Oc1ccc2c(c1)oc(=O)c1cc(OC(=O)NC)ccc12. The molecule has 3 rings (SSSR count). The summed E-state index contributed by atoms with van der Waals surface area (Å²) in [6.07, 6.45) is -1.26. The van der Waals surface area contributed by atoms with Crippen molar-refractivity contribution in [1.82, 2.24) is 10.6 Å². The lowest BCUT2D eigenvalue weighted by atomic mass is 10.1. The highest BCUT2D eigenvalue weighted by atomic mass is 16.6. The van der Waals surface area contributed by atoms with Crippen LogP contribution in [0.3, 0.4) is 0 Å². The highest BCUT2D eigenvalue weighted by molar-refractivity contribution is 6.05. The summed E-state index contributed by atoms with van der Waals surface area (Å²) in [5.74, 6) is 0.465. The molecule has 2 amide bonds. The zero-order valence-corrected chi connectivity index (χ0v) is 13.4. The summed E-state index contributed by atoms with van der Waals surface area (Å²) in [6, 6.07) is 9.40. The van der Waals surface area contributed by atoms with Crippen LogP contribution in [0.15, 0.2) is 45.6 Å². The van der Waals surface area contributed by atoms with Gasteiger partial charge in [-0.15, -0.1) is 0 Å². The molecular weight excluding hydrogens is 328 g/mol. The molecule has 8 nitrogen and oxygen atoms in total. The number of ether oxygens (including phenoxy) is 2. The van der Waals surface area contributed by atoms with E-state index >= 15 is 0 Å². The number of benzene rings is 2. The molecule has 0 unspecified atom stereocenters. The number of hydrogen-bond acceptors (Lipinski definition) is 6. The van der Waals surface area contributed by atoms with E-state index in [-0.39, 0.29) is 22.5 Å². The van der Waals surface area contributed by atoms with Gasteiger partial charge in [0.1, 0.15) is 17.1 Å². The van der Waals surface area contributed by atoms with E-state index in [0.717, 1.165) is 0 Å². The highest BCUT2D eigenvalue weighted by Crippen LogP contribution is 2.28. The molecule has 2 aromatic carbocycles. The van der Waals surface area contributed by atoms with Crippen LogP contribution in [0.1, 0.15) is 0 Å². The van der Waals surface area contributed by atoms with Crippen LogP contribution in [0, 0.1) is 0 Å². The van der Waals surface area contributed by atoms with Crippen molar-refractivity contribution in [2.45, 2.75) is 0 Å². The third-order valence-electron chi connectivity index (χ3n) is 3.49. The Morgan fingerprint density at radius 3 is 2.00 bits per heavy atom. The molecule has 0 atom stereocenters. The van der Waals surface area contributed by atoms with Gasteiger partial charge in [0.15, 0.2) is 0 Å². The van der Waals surface area contributed by atoms with Gasteiger partial charge in [-0.2, -0.15) is 0 Å². The summed E-state index contributed by atoms with van der Waals surface area (Å²) >= 11 is 0. The van der Waals surface area contributed by atoms with Crippen molar-refractivity contribution >= 4 is 33.9 Å². The van der Waals surface area contributed by atoms with E-state index in [4.69, 9.17) is 13.9 Å². The first-order chi connectivity index (χ1) is 12.0. The number of fused-ring (bicyclic) bond motifs is 3. The summed E-state index contributed by atoms with van der Waals surface area (Å²) in [7, 11) is 2.87. The molecule has 2 N–H and O–H groups in total. The molecule has 8 heteroatoms. The third kappa shape index (κ3) is 3.23. The van der Waals surface area contributed by atoms with Crippen molar-refractivity contribution in [2.24, 2.45) is 0 Å². The van der Waals surface area contributed by atoms with Gasteiger partial charge in [-0.25, -0.2) is 14.4 Å². The first-order valence-corrected chi connectivity index (χ1v) is 7.31. The van der Waals surface area contributed by atoms with Gasteiger partial charge in [0.2, 0.25) is 0 Å². The minimum Gasteiger partial charge on any atom is -0.422 e. The van der Waals surface area contributed by atoms with Crippen LogP contribution in [0.25, 0.3) is 21.7 Å². The lowest BCUT2D eigenvalue weighted by Crippen LogP contribution is -2.22. The predicted molar refractivity (Wildman–Crippen MR) is 90.2 cm³/mol. The fourth-order valence-corrected chi connectivity index (χ4v) is 2.33. The average Bonchev–Trinajstić information content (AvgIpc) is 2.61. The van der Waals surface area contributed by atoms with Gasteiger partial charge in [0, 0.05) is 30.9 Å². The van der Waals surface area contributed by atoms with Crippen molar-refractivity contribution in [1.29, 1.82) is 0 Å². The van der Waals surface area contributed by atoms with E-state index in [1.807, 2.05) is 0 Å².